The van der Waals surface area contributed by atoms with E-state index in [0.29, 0.717) is 13.0 Å². The van der Waals surface area contributed by atoms with E-state index in [9.17, 15) is 4.79 Å². The third-order valence-corrected chi connectivity index (χ3v) is 2.01. The van der Waals surface area contributed by atoms with Crippen molar-refractivity contribution in [2.24, 2.45) is 5.41 Å². The van der Waals surface area contributed by atoms with Gasteiger partial charge < -0.3 is 9.84 Å². The minimum atomic E-state index is -0.866. The maximum absolute atomic E-state index is 10.8. The predicted molar refractivity (Wildman–Crippen MR) is 51.6 cm³/mol. The fraction of sp³-hybridized carbons (Fsp3) is 0.700. The Hall–Kier alpha value is -0.830. The molecule has 1 atom stereocenters. The van der Waals surface area contributed by atoms with E-state index in [1.54, 1.807) is 6.92 Å². The second-order valence-corrected chi connectivity index (χ2v) is 3.60. The van der Waals surface area contributed by atoms with Gasteiger partial charge in [-0.1, -0.05) is 6.08 Å². The van der Waals surface area contributed by atoms with E-state index >= 15 is 0 Å². The zero-order valence-electron chi connectivity index (χ0n) is 8.54. The molecule has 1 unspecified atom stereocenters. The summed E-state index contributed by atoms with van der Waals surface area (Å²) in [6.45, 7) is 9.46. The highest BCUT2D eigenvalue weighted by Crippen LogP contribution is 2.22. The van der Waals surface area contributed by atoms with Crippen molar-refractivity contribution in [3.05, 3.63) is 12.7 Å². The van der Waals surface area contributed by atoms with Crippen molar-refractivity contribution >= 4 is 5.97 Å². The van der Waals surface area contributed by atoms with Gasteiger partial charge in [0.25, 0.3) is 0 Å². The van der Waals surface area contributed by atoms with E-state index in [4.69, 9.17) is 9.84 Å². The average Bonchev–Trinajstić information content (AvgIpc) is 2.03. The lowest BCUT2D eigenvalue weighted by atomic mass is 9.87. The summed E-state index contributed by atoms with van der Waals surface area (Å²) < 4.78 is 5.28. The van der Waals surface area contributed by atoms with E-state index in [1.165, 1.54) is 6.08 Å². The number of carboxylic acids is 1. The van der Waals surface area contributed by atoms with Crippen LogP contribution < -0.4 is 0 Å². The lowest BCUT2D eigenvalue weighted by Crippen LogP contribution is -2.27. The summed E-state index contributed by atoms with van der Waals surface area (Å²) in [4.78, 5) is 10.8. The first-order chi connectivity index (χ1) is 5.92. The molecule has 0 radical (unpaired) electrons. The van der Waals surface area contributed by atoms with Crippen molar-refractivity contribution < 1.29 is 14.6 Å². The van der Waals surface area contributed by atoms with Gasteiger partial charge in [0, 0.05) is 6.61 Å². The summed E-state index contributed by atoms with van der Waals surface area (Å²) in [7, 11) is 0. The Bertz CT molecular complexity index is 187. The third kappa shape index (κ3) is 4.08. The van der Waals surface area contributed by atoms with E-state index in [2.05, 4.69) is 6.58 Å². The Kier molecular flexibility index (Phi) is 4.70. The highest BCUT2D eigenvalue weighted by Gasteiger charge is 2.28. The van der Waals surface area contributed by atoms with Gasteiger partial charge in [0.1, 0.15) is 0 Å². The zero-order chi connectivity index (χ0) is 10.5. The van der Waals surface area contributed by atoms with Crippen molar-refractivity contribution in [3.63, 3.8) is 0 Å². The van der Waals surface area contributed by atoms with Crippen LogP contribution in [-0.2, 0) is 9.53 Å². The Morgan fingerprint density at radius 3 is 2.54 bits per heavy atom. The van der Waals surface area contributed by atoms with Crippen molar-refractivity contribution in [2.75, 3.05) is 6.61 Å². The third-order valence-electron chi connectivity index (χ3n) is 2.01. The SMILES string of the molecule is C=CC(C)(CCOC(C)C)C(=O)O. The summed E-state index contributed by atoms with van der Waals surface area (Å²) in [5, 5.41) is 8.87. The molecular weight excluding hydrogens is 168 g/mol. The number of hydrogen-bond acceptors (Lipinski definition) is 2. The molecular formula is C10H18O3. The van der Waals surface area contributed by atoms with E-state index in [0.717, 1.165) is 0 Å². The molecule has 13 heavy (non-hydrogen) atoms. The predicted octanol–water partition coefficient (Wildman–Crippen LogP) is 2.08. The molecule has 0 aromatic heterocycles. The van der Waals surface area contributed by atoms with Crippen molar-refractivity contribution in [3.8, 4) is 0 Å². The summed E-state index contributed by atoms with van der Waals surface area (Å²) in [6.07, 6.45) is 2.06. The zero-order valence-corrected chi connectivity index (χ0v) is 8.54. The Morgan fingerprint density at radius 1 is 1.69 bits per heavy atom. The van der Waals surface area contributed by atoms with Crippen LogP contribution in [0.4, 0.5) is 0 Å². The molecule has 76 valence electrons. The highest BCUT2D eigenvalue weighted by atomic mass is 16.5. The molecule has 3 nitrogen and oxygen atoms in total. The van der Waals surface area contributed by atoms with Crippen molar-refractivity contribution in [1.82, 2.24) is 0 Å². The van der Waals surface area contributed by atoms with Crippen LogP contribution >= 0.6 is 0 Å². The Labute approximate surface area is 79.4 Å². The number of ether oxygens (including phenoxy) is 1. The molecule has 0 heterocycles. The fourth-order valence-corrected chi connectivity index (χ4v) is 0.803. The molecule has 0 fully saturated rings. The van der Waals surface area contributed by atoms with Gasteiger partial charge in [-0.15, -0.1) is 6.58 Å². The largest absolute Gasteiger partial charge is 0.481 e. The minimum Gasteiger partial charge on any atom is -0.481 e. The quantitative estimate of drug-likeness (QED) is 0.646. The monoisotopic (exact) mass is 186 g/mol. The standard InChI is InChI=1S/C10H18O3/c1-5-10(4,9(11)12)6-7-13-8(2)3/h5,8H,1,6-7H2,2-4H3,(H,11,12). The van der Waals surface area contributed by atoms with E-state index in [1.807, 2.05) is 13.8 Å². The molecule has 0 spiro atoms. The molecule has 0 aliphatic carbocycles. The molecule has 0 aromatic rings. The normalized spacial score (nSPS) is 15.4. The van der Waals surface area contributed by atoms with E-state index in [-0.39, 0.29) is 6.10 Å². The lowest BCUT2D eigenvalue weighted by Gasteiger charge is -2.20. The molecule has 0 amide bonds. The lowest BCUT2D eigenvalue weighted by molar-refractivity contribution is -0.146. The second kappa shape index (κ2) is 5.02. The van der Waals surface area contributed by atoms with Crippen molar-refractivity contribution in [2.45, 2.75) is 33.3 Å². The van der Waals surface area contributed by atoms with Gasteiger partial charge in [-0.25, -0.2) is 0 Å². The van der Waals surface area contributed by atoms with E-state index < -0.39 is 11.4 Å². The van der Waals surface area contributed by atoms with Gasteiger partial charge in [-0.3, -0.25) is 4.79 Å². The molecule has 0 saturated carbocycles. The number of carboxylic acid groups (broad SMARTS) is 1. The van der Waals surface area contributed by atoms with Crippen LogP contribution in [0.3, 0.4) is 0 Å². The van der Waals surface area contributed by atoms with Crippen LogP contribution in [0.25, 0.3) is 0 Å². The number of hydrogen-bond donors (Lipinski definition) is 1. The first-order valence-electron chi connectivity index (χ1n) is 4.41. The van der Waals surface area contributed by atoms with Crippen LogP contribution in [-0.4, -0.2) is 23.8 Å². The molecule has 0 aliphatic heterocycles. The summed E-state index contributed by atoms with van der Waals surface area (Å²) in [5.41, 5.74) is -0.866. The molecule has 0 saturated heterocycles. The molecule has 0 bridgehead atoms. The van der Waals surface area contributed by atoms with Gasteiger partial charge in [0.05, 0.1) is 11.5 Å². The van der Waals surface area contributed by atoms with Crippen LogP contribution in [0.5, 0.6) is 0 Å². The van der Waals surface area contributed by atoms with Gasteiger partial charge in [0.15, 0.2) is 0 Å². The summed E-state index contributed by atoms with van der Waals surface area (Å²) in [5.74, 6) is -0.852. The maximum atomic E-state index is 10.8. The topological polar surface area (TPSA) is 46.5 Å². The number of carbonyl (C=O) groups is 1. The van der Waals surface area contributed by atoms with Gasteiger partial charge in [-0.05, 0) is 27.2 Å². The Morgan fingerprint density at radius 2 is 2.23 bits per heavy atom. The molecule has 0 aliphatic rings. The second-order valence-electron chi connectivity index (χ2n) is 3.60. The van der Waals surface area contributed by atoms with Gasteiger partial charge in [-0.2, -0.15) is 0 Å². The molecule has 3 heteroatoms. The smallest absolute Gasteiger partial charge is 0.313 e. The number of rotatable bonds is 6. The fourth-order valence-electron chi connectivity index (χ4n) is 0.803. The Balaban J connectivity index is 3.99. The van der Waals surface area contributed by atoms with Crippen LogP contribution in [0.1, 0.15) is 27.2 Å². The molecule has 0 rings (SSSR count). The van der Waals surface area contributed by atoms with Crippen LogP contribution in [0.2, 0.25) is 0 Å². The molecule has 1 N–H and O–H groups in total. The first-order valence-corrected chi connectivity index (χ1v) is 4.41. The van der Waals surface area contributed by atoms with Gasteiger partial charge >= 0.3 is 5.97 Å². The van der Waals surface area contributed by atoms with Crippen LogP contribution in [0.15, 0.2) is 12.7 Å². The molecule has 0 aromatic carbocycles. The maximum Gasteiger partial charge on any atom is 0.313 e. The van der Waals surface area contributed by atoms with Gasteiger partial charge in [0.2, 0.25) is 0 Å². The summed E-state index contributed by atoms with van der Waals surface area (Å²) in [6, 6.07) is 0. The minimum absolute atomic E-state index is 0.142. The summed E-state index contributed by atoms with van der Waals surface area (Å²) >= 11 is 0. The highest BCUT2D eigenvalue weighted by molar-refractivity contribution is 5.76. The number of aliphatic carboxylic acids is 1. The van der Waals surface area contributed by atoms with Crippen molar-refractivity contribution in [1.29, 1.82) is 0 Å². The van der Waals surface area contributed by atoms with Crippen LogP contribution in [0, 0.1) is 5.41 Å². The first kappa shape index (κ1) is 12.2. The average molecular weight is 186 g/mol.